The van der Waals surface area contributed by atoms with Gasteiger partial charge in [0.2, 0.25) is 0 Å². The smallest absolute Gasteiger partial charge is 0.275 e. The summed E-state index contributed by atoms with van der Waals surface area (Å²) in [5, 5.41) is 10.8. The molecule has 0 unspecified atom stereocenters. The molecule has 0 bridgehead atoms. The largest absolute Gasteiger partial charge is 0.490 e. The highest BCUT2D eigenvalue weighted by molar-refractivity contribution is 5.65. The minimum Gasteiger partial charge on any atom is -0.490 e. The van der Waals surface area contributed by atoms with Crippen LogP contribution in [0.4, 0.5) is 11.5 Å². The van der Waals surface area contributed by atoms with E-state index in [1.165, 1.54) is 12.1 Å². The van der Waals surface area contributed by atoms with Gasteiger partial charge in [-0.2, -0.15) is 0 Å². The first-order valence-electron chi connectivity index (χ1n) is 6.31. The molecule has 0 saturated heterocycles. The molecule has 1 fully saturated rings. The average molecular weight is 271 g/mol. The third-order valence-corrected chi connectivity index (χ3v) is 3.02. The molecular formula is C14H13N3O3. The molecule has 0 amide bonds. The third kappa shape index (κ3) is 2.69. The fourth-order valence-corrected chi connectivity index (χ4v) is 1.87. The molecule has 1 aromatic heterocycles. The number of nitrogens with zero attached hydrogens (tertiary/aromatic N) is 2. The lowest BCUT2D eigenvalue weighted by atomic mass is 10.1. The number of pyridine rings is 1. The van der Waals surface area contributed by atoms with Crippen molar-refractivity contribution in [3.8, 4) is 17.0 Å². The topological polar surface area (TPSA) is 91.3 Å². The number of aromatic nitrogens is 1. The van der Waals surface area contributed by atoms with E-state index in [-0.39, 0.29) is 11.5 Å². The fourth-order valence-electron chi connectivity index (χ4n) is 1.87. The van der Waals surface area contributed by atoms with Gasteiger partial charge < -0.3 is 10.5 Å². The van der Waals surface area contributed by atoms with Crippen LogP contribution in [0.2, 0.25) is 0 Å². The van der Waals surface area contributed by atoms with Crippen molar-refractivity contribution in [1.82, 2.24) is 4.98 Å². The standard InChI is InChI=1S/C14H13N3O3/c15-14-8-10(17(18)19)7-13(16-14)9-1-3-11(4-2-9)20-12-5-6-12/h1-4,7-8,12H,5-6H2,(H2,15,16). The van der Waals surface area contributed by atoms with Gasteiger partial charge in [0.25, 0.3) is 5.69 Å². The average Bonchev–Trinajstić information content (AvgIpc) is 3.23. The molecule has 1 aromatic carbocycles. The van der Waals surface area contributed by atoms with Crippen molar-refractivity contribution in [2.75, 3.05) is 5.73 Å². The summed E-state index contributed by atoms with van der Waals surface area (Å²) in [5.41, 5.74) is 6.78. The summed E-state index contributed by atoms with van der Waals surface area (Å²) in [7, 11) is 0. The summed E-state index contributed by atoms with van der Waals surface area (Å²) in [6, 6.07) is 9.97. The Hall–Kier alpha value is -2.63. The Morgan fingerprint density at radius 1 is 1.25 bits per heavy atom. The van der Waals surface area contributed by atoms with Crippen LogP contribution in [0.3, 0.4) is 0 Å². The SMILES string of the molecule is Nc1cc([N+](=O)[O-])cc(-c2ccc(OC3CC3)cc2)n1. The number of nitrogen functional groups attached to an aromatic ring is 1. The highest BCUT2D eigenvalue weighted by atomic mass is 16.6. The van der Waals surface area contributed by atoms with Crippen molar-refractivity contribution < 1.29 is 9.66 Å². The molecule has 3 rings (SSSR count). The monoisotopic (exact) mass is 271 g/mol. The van der Waals surface area contributed by atoms with Crippen LogP contribution in [0, 0.1) is 10.1 Å². The molecule has 1 aliphatic rings. The van der Waals surface area contributed by atoms with Crippen LogP contribution in [0.15, 0.2) is 36.4 Å². The highest BCUT2D eigenvalue weighted by Gasteiger charge is 2.23. The molecule has 20 heavy (non-hydrogen) atoms. The zero-order chi connectivity index (χ0) is 14.1. The molecule has 0 radical (unpaired) electrons. The Bertz CT molecular complexity index is 651. The van der Waals surface area contributed by atoms with E-state index in [1.807, 2.05) is 24.3 Å². The van der Waals surface area contributed by atoms with Gasteiger partial charge in [0.05, 0.1) is 22.8 Å². The Kier molecular flexibility index (Phi) is 2.98. The summed E-state index contributed by atoms with van der Waals surface area (Å²) < 4.78 is 5.65. The molecule has 1 heterocycles. The fraction of sp³-hybridized carbons (Fsp3) is 0.214. The van der Waals surface area contributed by atoms with Crippen LogP contribution < -0.4 is 10.5 Å². The van der Waals surface area contributed by atoms with Crippen molar-refractivity contribution in [2.24, 2.45) is 0 Å². The van der Waals surface area contributed by atoms with Crippen LogP contribution in [-0.2, 0) is 0 Å². The minimum absolute atomic E-state index is 0.0641. The van der Waals surface area contributed by atoms with Crippen LogP contribution in [0.1, 0.15) is 12.8 Å². The number of hydrogen-bond acceptors (Lipinski definition) is 5. The molecule has 6 heteroatoms. The highest BCUT2D eigenvalue weighted by Crippen LogP contribution is 2.29. The number of nitro groups is 1. The quantitative estimate of drug-likeness (QED) is 0.682. The maximum Gasteiger partial charge on any atom is 0.275 e. The molecule has 0 spiro atoms. The Balaban J connectivity index is 1.89. The first kappa shape index (κ1) is 12.4. The van der Waals surface area contributed by atoms with Crippen molar-refractivity contribution >= 4 is 11.5 Å². The molecular weight excluding hydrogens is 258 g/mol. The maximum absolute atomic E-state index is 10.8. The van der Waals surface area contributed by atoms with E-state index < -0.39 is 4.92 Å². The summed E-state index contributed by atoms with van der Waals surface area (Å²) in [4.78, 5) is 14.5. The predicted octanol–water partition coefficient (Wildman–Crippen LogP) is 2.78. The Morgan fingerprint density at radius 3 is 2.55 bits per heavy atom. The van der Waals surface area contributed by atoms with E-state index in [0.29, 0.717) is 11.8 Å². The normalized spacial score (nSPS) is 14.0. The lowest BCUT2D eigenvalue weighted by Gasteiger charge is -2.06. The van der Waals surface area contributed by atoms with Crippen molar-refractivity contribution in [2.45, 2.75) is 18.9 Å². The van der Waals surface area contributed by atoms with E-state index in [0.717, 1.165) is 24.2 Å². The van der Waals surface area contributed by atoms with Crippen molar-refractivity contribution in [3.05, 3.63) is 46.5 Å². The third-order valence-electron chi connectivity index (χ3n) is 3.02. The maximum atomic E-state index is 10.8. The summed E-state index contributed by atoms with van der Waals surface area (Å²) in [6.07, 6.45) is 2.54. The van der Waals surface area contributed by atoms with Crippen LogP contribution in [-0.4, -0.2) is 16.0 Å². The molecule has 1 saturated carbocycles. The van der Waals surface area contributed by atoms with Crippen LogP contribution >= 0.6 is 0 Å². The van der Waals surface area contributed by atoms with Gasteiger partial charge >= 0.3 is 0 Å². The van der Waals surface area contributed by atoms with Gasteiger partial charge in [-0.25, -0.2) is 4.98 Å². The first-order valence-corrected chi connectivity index (χ1v) is 6.31. The van der Waals surface area contributed by atoms with Gasteiger partial charge in [-0.05, 0) is 37.1 Å². The summed E-state index contributed by atoms with van der Waals surface area (Å²) >= 11 is 0. The van der Waals surface area contributed by atoms with Crippen LogP contribution in [0.25, 0.3) is 11.3 Å². The second-order valence-corrected chi connectivity index (χ2v) is 4.73. The Labute approximate surface area is 115 Å². The van der Waals surface area contributed by atoms with E-state index >= 15 is 0 Å². The number of nitrogens with two attached hydrogens (primary N) is 1. The van der Waals surface area contributed by atoms with E-state index in [9.17, 15) is 10.1 Å². The molecule has 0 aliphatic heterocycles. The lowest BCUT2D eigenvalue weighted by molar-refractivity contribution is -0.384. The van der Waals surface area contributed by atoms with E-state index in [4.69, 9.17) is 10.5 Å². The number of anilines is 1. The van der Waals surface area contributed by atoms with Gasteiger partial charge in [-0.3, -0.25) is 10.1 Å². The van der Waals surface area contributed by atoms with Crippen molar-refractivity contribution in [3.63, 3.8) is 0 Å². The van der Waals surface area contributed by atoms with Gasteiger partial charge in [0.15, 0.2) is 0 Å². The van der Waals surface area contributed by atoms with Gasteiger partial charge in [0, 0.05) is 11.6 Å². The first-order chi connectivity index (χ1) is 9.61. The Morgan fingerprint density at radius 2 is 1.95 bits per heavy atom. The number of ether oxygens (including phenoxy) is 1. The van der Waals surface area contributed by atoms with E-state index in [1.54, 1.807) is 0 Å². The zero-order valence-corrected chi connectivity index (χ0v) is 10.7. The second kappa shape index (κ2) is 4.80. The van der Waals surface area contributed by atoms with Crippen molar-refractivity contribution in [1.29, 1.82) is 0 Å². The molecule has 1 aliphatic carbocycles. The van der Waals surface area contributed by atoms with Crippen LogP contribution in [0.5, 0.6) is 5.75 Å². The van der Waals surface area contributed by atoms with Gasteiger partial charge in [0.1, 0.15) is 11.6 Å². The molecule has 2 N–H and O–H groups in total. The lowest BCUT2D eigenvalue weighted by Crippen LogP contribution is -1.97. The summed E-state index contributed by atoms with van der Waals surface area (Å²) in [5.74, 6) is 0.933. The molecule has 2 aromatic rings. The predicted molar refractivity (Wildman–Crippen MR) is 74.4 cm³/mol. The van der Waals surface area contributed by atoms with Gasteiger partial charge in [-0.1, -0.05) is 0 Å². The number of benzene rings is 1. The molecule has 0 atom stereocenters. The second-order valence-electron chi connectivity index (χ2n) is 4.73. The van der Waals surface area contributed by atoms with E-state index in [2.05, 4.69) is 4.98 Å². The van der Waals surface area contributed by atoms with Gasteiger partial charge in [-0.15, -0.1) is 0 Å². The summed E-state index contributed by atoms with van der Waals surface area (Å²) in [6.45, 7) is 0. The molecule has 6 nitrogen and oxygen atoms in total. The molecule has 102 valence electrons. The number of hydrogen-bond donors (Lipinski definition) is 1. The zero-order valence-electron chi connectivity index (χ0n) is 10.7. The minimum atomic E-state index is -0.480. The number of rotatable bonds is 4.